The summed E-state index contributed by atoms with van der Waals surface area (Å²) >= 11 is 0. The van der Waals surface area contributed by atoms with Crippen LogP contribution in [0.1, 0.15) is 33.4 Å². The molecule has 0 bridgehead atoms. The summed E-state index contributed by atoms with van der Waals surface area (Å²) in [7, 11) is 0. The van der Waals surface area contributed by atoms with E-state index in [0.717, 1.165) is 66.8 Å². The third kappa shape index (κ3) is 10.1. The van der Waals surface area contributed by atoms with E-state index in [1.807, 2.05) is 18.2 Å². The van der Waals surface area contributed by atoms with E-state index in [1.165, 1.54) is 33.4 Å². The fraction of sp³-hybridized carbons (Fsp3) is 0. The van der Waals surface area contributed by atoms with Crippen LogP contribution in [-0.4, -0.2) is 0 Å². The smallest absolute Gasteiger partial charge is 0.0255 e. The lowest BCUT2D eigenvalue weighted by Crippen LogP contribution is -1.88. The molecule has 10 aromatic rings. The molecule has 0 aliphatic carbocycles. The topological polar surface area (TPSA) is 0 Å². The quantitative estimate of drug-likeness (QED) is 0.146. The molecule has 0 fully saturated rings. The van der Waals surface area contributed by atoms with E-state index in [2.05, 4.69) is 272 Å². The Morgan fingerprint density at radius 1 is 0.136 bits per heavy atom. The van der Waals surface area contributed by atoms with Crippen LogP contribution < -0.4 is 0 Å². The Morgan fingerprint density at radius 3 is 0.636 bits per heavy atom. The Morgan fingerprint density at radius 2 is 0.364 bits per heavy atom. The molecule has 0 radical (unpaired) electrons. The van der Waals surface area contributed by atoms with Gasteiger partial charge in [-0.15, -0.1) is 0 Å². The monoisotopic (exact) mass is 834 g/mol. The third-order valence-electron chi connectivity index (χ3n) is 11.6. The van der Waals surface area contributed by atoms with Crippen molar-refractivity contribution in [2.45, 2.75) is 0 Å². The molecule has 10 aromatic carbocycles. The lowest BCUT2D eigenvalue weighted by atomic mass is 9.92. The van der Waals surface area contributed by atoms with Crippen molar-refractivity contribution in [3.8, 4) is 102 Å². The molecule has 10 rings (SSSR count). The predicted molar refractivity (Wildman–Crippen MR) is 276 cm³/mol. The zero-order valence-corrected chi connectivity index (χ0v) is 36.2. The maximum absolute atomic E-state index is 3.44. The average molecular weight is 835 g/mol. The standard InChI is InChI=1S/C66H42/c1-4-16-55(17-5-1)58-37-31-49(32-38-58)25-28-52-13-10-22-61(43-52)64-46-65(62-23-11-14-53(44-62)29-26-50-33-39-59(40-34-50)56-18-6-2-7-19-56)48-66(47-64)63-24-12-15-54(45-63)30-27-51-35-41-60(42-36-51)57-20-8-3-9-21-57/h1-24,31-48H. The molecule has 0 saturated carbocycles. The molecule has 0 aliphatic rings. The van der Waals surface area contributed by atoms with Gasteiger partial charge in [-0.2, -0.15) is 0 Å². The minimum absolute atomic E-state index is 0.953. The van der Waals surface area contributed by atoms with Crippen LogP contribution in [0.25, 0.3) is 66.8 Å². The Bertz CT molecular complexity index is 3080. The summed E-state index contributed by atoms with van der Waals surface area (Å²) in [6, 6.07) is 89.0. The number of benzene rings is 10. The second-order valence-corrected chi connectivity index (χ2v) is 16.1. The van der Waals surface area contributed by atoms with Gasteiger partial charge in [-0.1, -0.05) is 199 Å². The fourth-order valence-corrected chi connectivity index (χ4v) is 8.02. The highest BCUT2D eigenvalue weighted by Gasteiger charge is 2.10. The van der Waals surface area contributed by atoms with Gasteiger partial charge in [-0.05, 0) is 158 Å². The van der Waals surface area contributed by atoms with Crippen molar-refractivity contribution in [3.05, 3.63) is 288 Å². The van der Waals surface area contributed by atoms with E-state index >= 15 is 0 Å². The van der Waals surface area contributed by atoms with Crippen molar-refractivity contribution in [1.29, 1.82) is 0 Å². The van der Waals surface area contributed by atoms with E-state index in [1.54, 1.807) is 0 Å². The van der Waals surface area contributed by atoms with E-state index in [0.29, 0.717) is 0 Å². The van der Waals surface area contributed by atoms with Crippen LogP contribution in [0.15, 0.2) is 255 Å². The summed E-state index contributed by atoms with van der Waals surface area (Å²) in [5, 5.41) is 0. The normalized spacial score (nSPS) is 10.4. The van der Waals surface area contributed by atoms with Gasteiger partial charge in [0.25, 0.3) is 0 Å². The molecule has 0 atom stereocenters. The summed E-state index contributed by atoms with van der Waals surface area (Å²) in [5.74, 6) is 20.5. The molecular weight excluding hydrogens is 793 g/mol. The maximum atomic E-state index is 3.44. The highest BCUT2D eigenvalue weighted by atomic mass is 14.1. The Labute approximate surface area is 388 Å². The minimum Gasteiger partial charge on any atom is -0.0622 e. The Kier molecular flexibility index (Phi) is 12.1. The van der Waals surface area contributed by atoms with Gasteiger partial charge in [-0.3, -0.25) is 0 Å². The van der Waals surface area contributed by atoms with E-state index in [9.17, 15) is 0 Å². The van der Waals surface area contributed by atoms with Gasteiger partial charge in [0.05, 0.1) is 0 Å². The van der Waals surface area contributed by atoms with Crippen molar-refractivity contribution in [1.82, 2.24) is 0 Å². The first-order chi connectivity index (χ1) is 32.6. The summed E-state index contributed by atoms with van der Waals surface area (Å²) in [6.07, 6.45) is 0. The van der Waals surface area contributed by atoms with Crippen LogP contribution in [-0.2, 0) is 0 Å². The van der Waals surface area contributed by atoms with E-state index < -0.39 is 0 Å². The van der Waals surface area contributed by atoms with Gasteiger partial charge in [-0.25, -0.2) is 0 Å². The van der Waals surface area contributed by atoms with Crippen LogP contribution in [0.5, 0.6) is 0 Å². The van der Waals surface area contributed by atoms with Crippen molar-refractivity contribution in [2.24, 2.45) is 0 Å². The number of hydrogen-bond donors (Lipinski definition) is 0. The Hall–Kier alpha value is -9.12. The first-order valence-corrected chi connectivity index (χ1v) is 22.1. The second kappa shape index (κ2) is 19.5. The summed E-state index contributed by atoms with van der Waals surface area (Å²) in [6.45, 7) is 0. The van der Waals surface area contributed by atoms with Crippen LogP contribution in [0, 0.1) is 35.5 Å². The molecule has 0 aromatic heterocycles. The molecule has 66 heavy (non-hydrogen) atoms. The zero-order chi connectivity index (χ0) is 44.3. The van der Waals surface area contributed by atoms with Crippen LogP contribution in [0.4, 0.5) is 0 Å². The molecule has 306 valence electrons. The fourth-order valence-electron chi connectivity index (χ4n) is 8.02. The summed E-state index contributed by atoms with van der Waals surface area (Å²) in [5.41, 5.74) is 19.5. The molecule has 0 amide bonds. The molecule has 0 unspecified atom stereocenters. The van der Waals surface area contributed by atoms with Gasteiger partial charge in [0, 0.05) is 33.4 Å². The van der Waals surface area contributed by atoms with Crippen molar-refractivity contribution in [3.63, 3.8) is 0 Å². The van der Waals surface area contributed by atoms with Crippen LogP contribution in [0.3, 0.4) is 0 Å². The minimum atomic E-state index is 0.953. The summed E-state index contributed by atoms with van der Waals surface area (Å²) in [4.78, 5) is 0. The number of hydrogen-bond acceptors (Lipinski definition) is 0. The van der Waals surface area contributed by atoms with Crippen molar-refractivity contribution < 1.29 is 0 Å². The van der Waals surface area contributed by atoms with E-state index in [-0.39, 0.29) is 0 Å². The van der Waals surface area contributed by atoms with Crippen molar-refractivity contribution in [2.75, 3.05) is 0 Å². The van der Waals surface area contributed by atoms with E-state index in [4.69, 9.17) is 0 Å². The average Bonchev–Trinajstić information content (AvgIpc) is 3.40. The Balaban J connectivity index is 0.971. The molecule has 0 nitrogen and oxygen atoms in total. The van der Waals surface area contributed by atoms with Gasteiger partial charge >= 0.3 is 0 Å². The molecule has 0 heteroatoms. The first-order valence-electron chi connectivity index (χ1n) is 22.1. The third-order valence-corrected chi connectivity index (χ3v) is 11.6. The number of rotatable bonds is 6. The molecule has 0 heterocycles. The zero-order valence-electron chi connectivity index (χ0n) is 36.2. The SMILES string of the molecule is C(#Cc1cccc(-c2cc(-c3cccc(C#Cc4ccc(-c5ccccc5)cc4)c3)cc(-c3cccc(C#Cc4ccc(-c5ccccc5)cc4)c3)c2)c1)c1ccc(-c2ccccc2)cc1. The molecule has 0 spiro atoms. The second-order valence-electron chi connectivity index (χ2n) is 16.1. The molecule has 0 N–H and O–H groups in total. The first kappa shape index (κ1) is 40.9. The highest BCUT2D eigenvalue weighted by molar-refractivity contribution is 5.82. The van der Waals surface area contributed by atoms with Gasteiger partial charge in [0.2, 0.25) is 0 Å². The van der Waals surface area contributed by atoms with Crippen molar-refractivity contribution >= 4 is 0 Å². The van der Waals surface area contributed by atoms with Crippen LogP contribution >= 0.6 is 0 Å². The lowest BCUT2D eigenvalue weighted by Gasteiger charge is -2.12. The lowest BCUT2D eigenvalue weighted by molar-refractivity contribution is 1.54. The molecule has 0 saturated heterocycles. The van der Waals surface area contributed by atoms with Gasteiger partial charge in [0.1, 0.15) is 0 Å². The van der Waals surface area contributed by atoms with Gasteiger partial charge in [0.15, 0.2) is 0 Å². The molecular formula is C66H42. The summed E-state index contributed by atoms with van der Waals surface area (Å²) < 4.78 is 0. The highest BCUT2D eigenvalue weighted by Crippen LogP contribution is 2.34. The largest absolute Gasteiger partial charge is 0.0622 e. The molecule has 0 aliphatic heterocycles. The maximum Gasteiger partial charge on any atom is 0.0255 e. The predicted octanol–water partition coefficient (Wildman–Crippen LogP) is 15.9. The van der Waals surface area contributed by atoms with Gasteiger partial charge < -0.3 is 0 Å². The van der Waals surface area contributed by atoms with Crippen LogP contribution in [0.2, 0.25) is 0 Å².